The second kappa shape index (κ2) is 11.6. The number of para-hydroxylation sites is 2. The van der Waals surface area contributed by atoms with Gasteiger partial charge < -0.3 is 24.3 Å². The number of fused-ring (bicyclic) bond motifs is 1. The Morgan fingerprint density at radius 1 is 1.06 bits per heavy atom. The van der Waals surface area contributed by atoms with E-state index in [0.29, 0.717) is 6.54 Å². The van der Waals surface area contributed by atoms with Crippen molar-refractivity contribution in [2.24, 2.45) is 12.0 Å². The molecular formula is C24H33IN6O2. The molecule has 1 N–H and O–H groups in total. The molecule has 1 saturated heterocycles. The molecule has 2 aromatic carbocycles. The quantitative estimate of drug-likeness (QED) is 0.282. The SMILES string of the molecule is CN=C(NCc1nc2ccccc2n1C)N1CCN(Cc2cc(OC)ccc2OC)CC1.I. The third kappa shape index (κ3) is 5.70. The Hall–Kier alpha value is -2.53. The fraction of sp³-hybridized carbons (Fsp3) is 0.417. The van der Waals surface area contributed by atoms with Gasteiger partial charge >= 0.3 is 0 Å². The lowest BCUT2D eigenvalue weighted by Gasteiger charge is -2.36. The molecule has 178 valence electrons. The number of methoxy groups -OCH3 is 2. The van der Waals surface area contributed by atoms with Crippen LogP contribution in [0.3, 0.4) is 0 Å². The normalized spacial score (nSPS) is 14.8. The summed E-state index contributed by atoms with van der Waals surface area (Å²) in [5.74, 6) is 3.66. The van der Waals surface area contributed by atoms with Crippen LogP contribution in [0.4, 0.5) is 0 Å². The molecule has 9 heteroatoms. The van der Waals surface area contributed by atoms with Crippen molar-refractivity contribution >= 4 is 41.0 Å². The molecule has 0 spiro atoms. The smallest absolute Gasteiger partial charge is 0.194 e. The van der Waals surface area contributed by atoms with Crippen LogP contribution in [0.15, 0.2) is 47.5 Å². The molecule has 3 aromatic rings. The third-order valence-corrected chi connectivity index (χ3v) is 6.05. The molecule has 1 aromatic heterocycles. The van der Waals surface area contributed by atoms with Crippen molar-refractivity contribution in [1.29, 1.82) is 0 Å². The maximum atomic E-state index is 5.54. The van der Waals surface area contributed by atoms with Gasteiger partial charge in [-0.25, -0.2) is 4.98 Å². The predicted octanol–water partition coefficient (Wildman–Crippen LogP) is 3.10. The summed E-state index contributed by atoms with van der Waals surface area (Å²) in [5.41, 5.74) is 3.30. The number of aryl methyl sites for hydroxylation is 1. The van der Waals surface area contributed by atoms with Gasteiger partial charge in [-0.2, -0.15) is 0 Å². The van der Waals surface area contributed by atoms with E-state index in [9.17, 15) is 0 Å². The number of hydrogen-bond acceptors (Lipinski definition) is 5. The predicted molar refractivity (Wildman–Crippen MR) is 143 cm³/mol. The summed E-state index contributed by atoms with van der Waals surface area (Å²) in [5, 5.41) is 3.49. The fourth-order valence-corrected chi connectivity index (χ4v) is 4.21. The number of aliphatic imine (C=N–C) groups is 1. The van der Waals surface area contributed by atoms with Gasteiger partial charge in [-0.15, -0.1) is 24.0 Å². The molecule has 2 heterocycles. The van der Waals surface area contributed by atoms with Gasteiger partial charge in [0.2, 0.25) is 0 Å². The van der Waals surface area contributed by atoms with Gasteiger partial charge in [0.05, 0.1) is 31.8 Å². The lowest BCUT2D eigenvalue weighted by molar-refractivity contribution is 0.171. The summed E-state index contributed by atoms with van der Waals surface area (Å²) >= 11 is 0. The van der Waals surface area contributed by atoms with Gasteiger partial charge in [0.15, 0.2) is 5.96 Å². The summed E-state index contributed by atoms with van der Waals surface area (Å²) in [6, 6.07) is 14.2. The molecule has 8 nitrogen and oxygen atoms in total. The van der Waals surface area contributed by atoms with Crippen LogP contribution in [0.25, 0.3) is 11.0 Å². The van der Waals surface area contributed by atoms with Gasteiger partial charge in [0.1, 0.15) is 17.3 Å². The number of imidazole rings is 1. The Balaban J connectivity index is 0.00000306. The molecule has 1 aliphatic heterocycles. The van der Waals surface area contributed by atoms with Crippen LogP contribution in [0.1, 0.15) is 11.4 Å². The van der Waals surface area contributed by atoms with Crippen LogP contribution in [0.5, 0.6) is 11.5 Å². The van der Waals surface area contributed by atoms with Gasteiger partial charge in [0.25, 0.3) is 0 Å². The van der Waals surface area contributed by atoms with E-state index in [2.05, 4.69) is 43.9 Å². The van der Waals surface area contributed by atoms with Crippen LogP contribution in [-0.4, -0.2) is 72.8 Å². The average molecular weight is 564 g/mol. The van der Waals surface area contributed by atoms with E-state index >= 15 is 0 Å². The van der Waals surface area contributed by atoms with Crippen LogP contribution < -0.4 is 14.8 Å². The van der Waals surface area contributed by atoms with E-state index in [1.165, 1.54) is 0 Å². The summed E-state index contributed by atoms with van der Waals surface area (Å²) in [4.78, 5) is 14.0. The number of rotatable bonds is 6. The Kier molecular flexibility index (Phi) is 8.79. The summed E-state index contributed by atoms with van der Waals surface area (Å²) in [7, 11) is 7.30. The van der Waals surface area contributed by atoms with Crippen LogP contribution in [-0.2, 0) is 20.1 Å². The number of ether oxygens (including phenoxy) is 2. The highest BCUT2D eigenvalue weighted by atomic mass is 127. The molecule has 0 aliphatic carbocycles. The van der Waals surface area contributed by atoms with Crippen molar-refractivity contribution in [1.82, 2.24) is 24.7 Å². The number of aromatic nitrogens is 2. The van der Waals surface area contributed by atoms with Crippen molar-refractivity contribution in [3.05, 3.63) is 53.9 Å². The topological polar surface area (TPSA) is 67.2 Å². The second-order valence-electron chi connectivity index (χ2n) is 7.92. The summed E-state index contributed by atoms with van der Waals surface area (Å²) in [6.45, 7) is 5.20. The number of guanidine groups is 1. The van der Waals surface area contributed by atoms with Gasteiger partial charge in [-0.1, -0.05) is 12.1 Å². The Morgan fingerprint density at radius 2 is 1.82 bits per heavy atom. The molecule has 33 heavy (non-hydrogen) atoms. The Labute approximate surface area is 212 Å². The first-order chi connectivity index (χ1) is 15.6. The highest BCUT2D eigenvalue weighted by Gasteiger charge is 2.21. The lowest BCUT2D eigenvalue weighted by Crippen LogP contribution is -2.52. The number of nitrogens with zero attached hydrogens (tertiary/aromatic N) is 5. The van der Waals surface area contributed by atoms with E-state index in [0.717, 1.165) is 72.6 Å². The van der Waals surface area contributed by atoms with Gasteiger partial charge in [0, 0.05) is 52.4 Å². The third-order valence-electron chi connectivity index (χ3n) is 6.05. The highest BCUT2D eigenvalue weighted by molar-refractivity contribution is 14.0. The molecule has 0 radical (unpaired) electrons. The van der Waals surface area contributed by atoms with E-state index in [-0.39, 0.29) is 24.0 Å². The van der Waals surface area contributed by atoms with Crippen molar-refractivity contribution in [3.63, 3.8) is 0 Å². The molecule has 0 saturated carbocycles. The van der Waals surface area contributed by atoms with Crippen molar-refractivity contribution in [3.8, 4) is 11.5 Å². The number of hydrogen-bond donors (Lipinski definition) is 1. The molecule has 0 amide bonds. The van der Waals surface area contributed by atoms with Gasteiger partial charge in [-0.3, -0.25) is 9.89 Å². The molecule has 0 unspecified atom stereocenters. The van der Waals surface area contributed by atoms with Gasteiger partial charge in [-0.05, 0) is 30.3 Å². The van der Waals surface area contributed by atoms with E-state index in [1.807, 2.05) is 37.4 Å². The minimum atomic E-state index is 0. The minimum Gasteiger partial charge on any atom is -0.497 e. The number of halogens is 1. The standard InChI is InChI=1S/C24H32N6O2.HI/c1-25-24(26-16-23-27-20-7-5-6-8-21(20)28(23)2)30-13-11-29(12-14-30)17-18-15-19(31-3)9-10-22(18)32-4;/h5-10,15H,11-14,16-17H2,1-4H3,(H,25,26);1H. The largest absolute Gasteiger partial charge is 0.497 e. The van der Waals surface area contributed by atoms with Crippen molar-refractivity contribution in [2.75, 3.05) is 47.4 Å². The first-order valence-electron chi connectivity index (χ1n) is 10.9. The monoisotopic (exact) mass is 564 g/mol. The molecular weight excluding hydrogens is 531 g/mol. The highest BCUT2D eigenvalue weighted by Crippen LogP contribution is 2.25. The number of piperazine rings is 1. The fourth-order valence-electron chi connectivity index (χ4n) is 4.21. The first kappa shape index (κ1) is 25.1. The van der Waals surface area contributed by atoms with E-state index < -0.39 is 0 Å². The lowest BCUT2D eigenvalue weighted by atomic mass is 10.1. The first-order valence-corrected chi connectivity index (χ1v) is 10.9. The van der Waals surface area contributed by atoms with E-state index in [1.54, 1.807) is 14.2 Å². The van der Waals surface area contributed by atoms with E-state index in [4.69, 9.17) is 14.5 Å². The zero-order valence-corrected chi connectivity index (χ0v) is 22.1. The second-order valence-corrected chi connectivity index (χ2v) is 7.92. The van der Waals surface area contributed by atoms with Crippen molar-refractivity contribution < 1.29 is 9.47 Å². The summed E-state index contributed by atoms with van der Waals surface area (Å²) in [6.07, 6.45) is 0. The zero-order valence-electron chi connectivity index (χ0n) is 19.7. The minimum absolute atomic E-state index is 0. The maximum Gasteiger partial charge on any atom is 0.194 e. The number of benzene rings is 2. The molecule has 0 bridgehead atoms. The van der Waals surface area contributed by atoms with Crippen LogP contribution >= 0.6 is 24.0 Å². The summed E-state index contributed by atoms with van der Waals surface area (Å²) < 4.78 is 13.1. The van der Waals surface area contributed by atoms with Crippen molar-refractivity contribution in [2.45, 2.75) is 13.1 Å². The van der Waals surface area contributed by atoms with Crippen LogP contribution in [0.2, 0.25) is 0 Å². The molecule has 4 rings (SSSR count). The molecule has 1 fully saturated rings. The molecule has 1 aliphatic rings. The maximum absolute atomic E-state index is 5.54. The Morgan fingerprint density at radius 3 is 2.48 bits per heavy atom. The number of nitrogens with one attached hydrogen (secondary N) is 1. The average Bonchev–Trinajstić information content (AvgIpc) is 3.16. The molecule has 0 atom stereocenters. The Bertz CT molecular complexity index is 1090. The van der Waals surface area contributed by atoms with Crippen LogP contribution in [0, 0.1) is 0 Å². The zero-order chi connectivity index (χ0) is 22.5.